The topological polar surface area (TPSA) is 95.9 Å². The number of amides is 1. The molecule has 0 saturated heterocycles. The molecule has 3 N–H and O–H groups in total. The molecule has 0 radical (unpaired) electrons. The molecule has 0 heterocycles. The molecular weight excluding hydrogens is 851 g/mol. The Morgan fingerprint density at radius 3 is 1.13 bits per heavy atom. The van der Waals surface area contributed by atoms with Gasteiger partial charge in [0, 0.05) is 12.8 Å². The number of carbonyl (C=O) groups excluding carboxylic acids is 2. The Labute approximate surface area is 429 Å². The molecule has 0 bridgehead atoms. The predicted octanol–water partition coefficient (Wildman–Crippen LogP) is 19.0. The van der Waals surface area contributed by atoms with Crippen LogP contribution in [0.1, 0.15) is 316 Å². The van der Waals surface area contributed by atoms with Crippen molar-refractivity contribution in [2.75, 3.05) is 13.2 Å². The Kier molecular flexibility index (Phi) is 56.5. The maximum absolute atomic E-state index is 12.5. The lowest BCUT2D eigenvalue weighted by atomic mass is 10.0. The first-order valence-corrected chi connectivity index (χ1v) is 30.4. The molecule has 69 heavy (non-hydrogen) atoms. The van der Waals surface area contributed by atoms with E-state index in [0.29, 0.717) is 25.9 Å². The van der Waals surface area contributed by atoms with Gasteiger partial charge in [-0.05, 0) is 96.3 Å². The van der Waals surface area contributed by atoms with Crippen LogP contribution >= 0.6 is 0 Å². The van der Waals surface area contributed by atoms with Crippen LogP contribution < -0.4 is 5.32 Å². The average Bonchev–Trinajstić information content (AvgIpc) is 3.35. The molecule has 6 nitrogen and oxygen atoms in total. The summed E-state index contributed by atoms with van der Waals surface area (Å²) in [5.74, 6) is -0.0733. The van der Waals surface area contributed by atoms with Crippen LogP contribution in [0.15, 0.2) is 48.6 Å². The minimum Gasteiger partial charge on any atom is -0.466 e. The normalized spacial score (nSPS) is 12.9. The lowest BCUT2D eigenvalue weighted by molar-refractivity contribution is -0.143. The van der Waals surface area contributed by atoms with Gasteiger partial charge in [-0.15, -0.1) is 0 Å². The zero-order valence-corrected chi connectivity index (χ0v) is 46.0. The fourth-order valence-electron chi connectivity index (χ4n) is 9.17. The quantitative estimate of drug-likeness (QED) is 0.0321. The third-order valence-electron chi connectivity index (χ3n) is 13.9. The summed E-state index contributed by atoms with van der Waals surface area (Å²) in [6.07, 6.45) is 73.9. The van der Waals surface area contributed by atoms with E-state index < -0.39 is 12.1 Å². The molecule has 0 rings (SSSR count). The molecule has 2 unspecified atom stereocenters. The number of hydrogen-bond donors (Lipinski definition) is 3. The first kappa shape index (κ1) is 66.8. The molecule has 0 aromatic rings. The molecule has 0 fully saturated rings. The molecule has 0 aliphatic heterocycles. The number of hydrogen-bond acceptors (Lipinski definition) is 5. The number of allylic oxidation sites excluding steroid dienone is 8. The van der Waals surface area contributed by atoms with Crippen LogP contribution in [0.4, 0.5) is 0 Å². The maximum atomic E-state index is 12.5. The van der Waals surface area contributed by atoms with Crippen molar-refractivity contribution in [2.45, 2.75) is 328 Å². The predicted molar refractivity (Wildman–Crippen MR) is 301 cm³/mol. The van der Waals surface area contributed by atoms with Crippen molar-refractivity contribution in [3.05, 3.63) is 48.6 Å². The second-order valence-corrected chi connectivity index (χ2v) is 20.7. The Morgan fingerprint density at radius 2 is 0.725 bits per heavy atom. The lowest BCUT2D eigenvalue weighted by Crippen LogP contribution is -2.45. The Bertz CT molecular complexity index is 1160. The first-order chi connectivity index (χ1) is 34.0. The number of esters is 1. The summed E-state index contributed by atoms with van der Waals surface area (Å²) in [5.41, 5.74) is 0. The van der Waals surface area contributed by atoms with Crippen molar-refractivity contribution in [1.82, 2.24) is 5.32 Å². The van der Waals surface area contributed by atoms with E-state index in [-0.39, 0.29) is 18.5 Å². The van der Waals surface area contributed by atoms with Gasteiger partial charge in [-0.3, -0.25) is 9.59 Å². The zero-order valence-electron chi connectivity index (χ0n) is 46.0. The van der Waals surface area contributed by atoms with E-state index in [2.05, 4.69) is 67.8 Å². The molecule has 2 atom stereocenters. The second kappa shape index (κ2) is 58.4. The number of aliphatic hydroxyl groups is 2. The molecule has 0 aliphatic carbocycles. The van der Waals surface area contributed by atoms with Crippen molar-refractivity contribution >= 4 is 11.9 Å². The fraction of sp³-hybridized carbons (Fsp3) is 0.841. The number of nitrogens with one attached hydrogen (secondary N) is 1. The van der Waals surface area contributed by atoms with Crippen LogP contribution in [-0.2, 0) is 14.3 Å². The largest absolute Gasteiger partial charge is 0.466 e. The van der Waals surface area contributed by atoms with E-state index in [1.807, 2.05) is 0 Å². The number of ether oxygens (including phenoxy) is 1. The van der Waals surface area contributed by atoms with E-state index in [0.717, 1.165) is 89.9 Å². The van der Waals surface area contributed by atoms with E-state index in [1.165, 1.54) is 193 Å². The fourth-order valence-corrected chi connectivity index (χ4v) is 9.17. The van der Waals surface area contributed by atoms with Crippen LogP contribution in [0.3, 0.4) is 0 Å². The van der Waals surface area contributed by atoms with Crippen LogP contribution in [0.5, 0.6) is 0 Å². The number of unbranched alkanes of at least 4 members (excludes halogenated alkanes) is 37. The number of carbonyl (C=O) groups is 2. The molecule has 6 heteroatoms. The van der Waals surface area contributed by atoms with E-state index in [9.17, 15) is 19.8 Å². The molecule has 1 amide bonds. The SMILES string of the molecule is CCCCC/C=C\C/C=C\CCCCCCCCCC(=O)OCCCCC/C=C\C/C=C\CCCCCCCCCC(=O)NC(CO)C(O)CCCCCCCCCCCCCCCCCCCC. The van der Waals surface area contributed by atoms with Crippen molar-refractivity contribution in [3.8, 4) is 0 Å². The van der Waals surface area contributed by atoms with Crippen LogP contribution in [-0.4, -0.2) is 47.4 Å². The zero-order chi connectivity index (χ0) is 50.0. The molecule has 0 aliphatic rings. The van der Waals surface area contributed by atoms with Crippen LogP contribution in [0.2, 0.25) is 0 Å². The standard InChI is InChI=1S/C63H117NO5/c1-3-5-7-9-11-13-15-17-19-21-24-27-31-35-39-43-47-51-55-61(66)60(59-65)64-62(67)56-52-48-44-40-36-32-28-25-22-26-30-34-38-42-46-50-54-58-69-63(68)57-53-49-45-41-37-33-29-23-20-18-16-14-12-10-8-6-4-2/h12,14,18,20,22,26,34,38,60-61,65-66H,3-11,13,15-17,19,21,23-25,27-33,35-37,39-59H2,1-2H3,(H,64,67)/b14-12-,20-18-,26-22-,38-34-. The van der Waals surface area contributed by atoms with E-state index in [1.54, 1.807) is 0 Å². The highest BCUT2D eigenvalue weighted by Crippen LogP contribution is 2.17. The summed E-state index contributed by atoms with van der Waals surface area (Å²) in [5, 5.41) is 23.3. The third kappa shape index (κ3) is 55.0. The second-order valence-electron chi connectivity index (χ2n) is 20.7. The van der Waals surface area contributed by atoms with Crippen LogP contribution in [0, 0.1) is 0 Å². The number of rotatable bonds is 56. The van der Waals surface area contributed by atoms with Gasteiger partial charge in [-0.25, -0.2) is 0 Å². The summed E-state index contributed by atoms with van der Waals surface area (Å²) in [7, 11) is 0. The number of aliphatic hydroxyl groups excluding tert-OH is 2. The van der Waals surface area contributed by atoms with Crippen molar-refractivity contribution < 1.29 is 24.5 Å². The monoisotopic (exact) mass is 968 g/mol. The third-order valence-corrected chi connectivity index (χ3v) is 13.9. The van der Waals surface area contributed by atoms with Gasteiger partial charge in [0.05, 0.1) is 25.4 Å². The lowest BCUT2D eigenvalue weighted by Gasteiger charge is -2.22. The van der Waals surface area contributed by atoms with Gasteiger partial charge >= 0.3 is 5.97 Å². The van der Waals surface area contributed by atoms with Gasteiger partial charge < -0.3 is 20.3 Å². The summed E-state index contributed by atoms with van der Waals surface area (Å²) in [6.45, 7) is 4.89. The first-order valence-electron chi connectivity index (χ1n) is 30.4. The van der Waals surface area contributed by atoms with E-state index in [4.69, 9.17) is 4.74 Å². The highest BCUT2D eigenvalue weighted by atomic mass is 16.5. The minimum absolute atomic E-state index is 0.0233. The van der Waals surface area contributed by atoms with Gasteiger partial charge in [0.25, 0.3) is 0 Å². The summed E-state index contributed by atoms with van der Waals surface area (Å²) >= 11 is 0. The van der Waals surface area contributed by atoms with Crippen molar-refractivity contribution in [3.63, 3.8) is 0 Å². The molecular formula is C63H117NO5. The van der Waals surface area contributed by atoms with Gasteiger partial charge in [-0.2, -0.15) is 0 Å². The maximum Gasteiger partial charge on any atom is 0.305 e. The Hall–Kier alpha value is -2.18. The Balaban J connectivity index is 3.50. The molecule has 404 valence electrons. The summed E-state index contributed by atoms with van der Waals surface area (Å²) < 4.78 is 5.46. The Morgan fingerprint density at radius 1 is 0.406 bits per heavy atom. The summed E-state index contributed by atoms with van der Waals surface area (Å²) in [4.78, 5) is 24.6. The highest BCUT2D eigenvalue weighted by molar-refractivity contribution is 5.76. The van der Waals surface area contributed by atoms with Crippen molar-refractivity contribution in [2.24, 2.45) is 0 Å². The van der Waals surface area contributed by atoms with Gasteiger partial charge in [0.2, 0.25) is 5.91 Å². The van der Waals surface area contributed by atoms with Crippen molar-refractivity contribution in [1.29, 1.82) is 0 Å². The molecule has 0 aromatic carbocycles. The smallest absolute Gasteiger partial charge is 0.305 e. The summed E-state index contributed by atoms with van der Waals surface area (Å²) in [6, 6.07) is -0.555. The van der Waals surface area contributed by atoms with Gasteiger partial charge in [-0.1, -0.05) is 255 Å². The van der Waals surface area contributed by atoms with Gasteiger partial charge in [0.15, 0.2) is 0 Å². The molecule has 0 saturated carbocycles. The average molecular weight is 969 g/mol. The minimum atomic E-state index is -0.677. The highest BCUT2D eigenvalue weighted by Gasteiger charge is 2.20. The van der Waals surface area contributed by atoms with E-state index >= 15 is 0 Å². The van der Waals surface area contributed by atoms with Gasteiger partial charge in [0.1, 0.15) is 0 Å². The van der Waals surface area contributed by atoms with Crippen LogP contribution in [0.25, 0.3) is 0 Å². The molecule has 0 spiro atoms. The molecule has 0 aromatic heterocycles.